The predicted octanol–water partition coefficient (Wildman–Crippen LogP) is 1.38. The van der Waals surface area contributed by atoms with Crippen LogP contribution in [0.5, 0.6) is 0 Å². The van der Waals surface area contributed by atoms with Crippen LogP contribution in [0, 0.1) is 5.92 Å². The van der Waals surface area contributed by atoms with Gasteiger partial charge >= 0.3 is 6.03 Å². The molecule has 0 atom stereocenters. The average molecular weight is 281 g/mol. The third-order valence-electron chi connectivity index (χ3n) is 2.65. The second-order valence-corrected chi connectivity index (χ2v) is 5.93. The minimum absolute atomic E-state index is 0.00656. The van der Waals surface area contributed by atoms with Gasteiger partial charge in [0.2, 0.25) is 10.0 Å². The zero-order valence-electron chi connectivity index (χ0n) is 10.2. The Labute approximate surface area is 111 Å². The van der Waals surface area contributed by atoms with E-state index in [4.69, 9.17) is 5.14 Å². The number of primary sulfonamides is 1. The van der Waals surface area contributed by atoms with Gasteiger partial charge in [0.25, 0.3) is 0 Å². The van der Waals surface area contributed by atoms with Crippen molar-refractivity contribution in [2.45, 2.75) is 17.7 Å². The van der Waals surface area contributed by atoms with E-state index >= 15 is 0 Å². The number of urea groups is 1. The molecule has 2 amide bonds. The van der Waals surface area contributed by atoms with E-state index in [0.29, 0.717) is 11.6 Å². The van der Waals surface area contributed by atoms with Crippen LogP contribution in [0.15, 0.2) is 41.4 Å². The summed E-state index contributed by atoms with van der Waals surface area (Å²) in [6.07, 6.45) is 5.92. The lowest BCUT2D eigenvalue weighted by molar-refractivity contribution is 0.255. The Morgan fingerprint density at radius 1 is 1.26 bits per heavy atom. The van der Waals surface area contributed by atoms with Crippen molar-refractivity contribution in [1.29, 1.82) is 0 Å². The fraction of sp³-hybridized carbons (Fsp3) is 0.250. The largest absolute Gasteiger partial charge is 0.323 e. The maximum atomic E-state index is 11.5. The van der Waals surface area contributed by atoms with Crippen molar-refractivity contribution in [3.05, 3.63) is 36.5 Å². The van der Waals surface area contributed by atoms with E-state index in [0.717, 1.165) is 0 Å². The van der Waals surface area contributed by atoms with Crippen molar-refractivity contribution in [3.63, 3.8) is 0 Å². The Balaban J connectivity index is 1.89. The van der Waals surface area contributed by atoms with Crippen molar-refractivity contribution < 1.29 is 13.2 Å². The van der Waals surface area contributed by atoms with Crippen molar-refractivity contribution in [1.82, 2.24) is 5.32 Å². The number of carbonyl (C=O) groups excluding carboxylic acids is 1. The first-order valence-corrected chi connectivity index (χ1v) is 7.37. The molecule has 102 valence electrons. The molecule has 1 aromatic rings. The second kappa shape index (κ2) is 5.41. The molecule has 0 saturated heterocycles. The molecule has 1 fully saturated rings. The van der Waals surface area contributed by atoms with Gasteiger partial charge in [-0.25, -0.2) is 18.4 Å². The normalized spacial score (nSPS) is 15.4. The van der Waals surface area contributed by atoms with E-state index in [1.807, 2.05) is 6.08 Å². The number of hydrogen-bond acceptors (Lipinski definition) is 3. The van der Waals surface area contributed by atoms with Crippen molar-refractivity contribution in [2.75, 3.05) is 5.32 Å². The number of allylic oxidation sites excluding steroid dienone is 1. The topological polar surface area (TPSA) is 101 Å². The molecule has 1 aliphatic rings. The van der Waals surface area contributed by atoms with E-state index in [1.165, 1.54) is 37.1 Å². The van der Waals surface area contributed by atoms with E-state index < -0.39 is 10.0 Å². The summed E-state index contributed by atoms with van der Waals surface area (Å²) < 4.78 is 22.1. The fourth-order valence-corrected chi connectivity index (χ4v) is 1.96. The van der Waals surface area contributed by atoms with Crippen LogP contribution >= 0.6 is 0 Å². The molecule has 19 heavy (non-hydrogen) atoms. The Hall–Kier alpha value is -1.86. The Morgan fingerprint density at radius 2 is 1.89 bits per heavy atom. The molecule has 1 aromatic carbocycles. The lowest BCUT2D eigenvalue weighted by Gasteiger charge is -2.05. The van der Waals surface area contributed by atoms with Gasteiger partial charge in [0.05, 0.1) is 4.90 Å². The minimum atomic E-state index is -3.70. The number of nitrogens with two attached hydrogens (primary N) is 1. The number of rotatable bonds is 4. The molecule has 0 aromatic heterocycles. The third kappa shape index (κ3) is 4.38. The number of nitrogens with one attached hydrogen (secondary N) is 2. The van der Waals surface area contributed by atoms with Crippen LogP contribution in [-0.4, -0.2) is 14.4 Å². The number of hydrogen-bond donors (Lipinski definition) is 3. The zero-order valence-corrected chi connectivity index (χ0v) is 11.0. The summed E-state index contributed by atoms with van der Waals surface area (Å²) in [6, 6.07) is 5.25. The number of sulfonamides is 1. The molecule has 0 bridgehead atoms. The molecule has 4 N–H and O–H groups in total. The highest BCUT2D eigenvalue weighted by molar-refractivity contribution is 7.89. The van der Waals surface area contributed by atoms with Crippen LogP contribution in [0.2, 0.25) is 0 Å². The van der Waals surface area contributed by atoms with Crippen LogP contribution in [-0.2, 0) is 10.0 Å². The highest BCUT2D eigenvalue weighted by Gasteiger charge is 2.17. The van der Waals surface area contributed by atoms with Crippen molar-refractivity contribution in [2.24, 2.45) is 11.1 Å². The van der Waals surface area contributed by atoms with Crippen LogP contribution in [0.1, 0.15) is 12.8 Å². The molecule has 6 nitrogen and oxygen atoms in total. The minimum Gasteiger partial charge on any atom is -0.315 e. The van der Waals surface area contributed by atoms with Crippen LogP contribution in [0.3, 0.4) is 0 Å². The van der Waals surface area contributed by atoms with Gasteiger partial charge in [0.1, 0.15) is 0 Å². The maximum Gasteiger partial charge on any atom is 0.323 e. The van der Waals surface area contributed by atoms with Crippen LogP contribution in [0.4, 0.5) is 10.5 Å². The first kappa shape index (κ1) is 13.6. The fourth-order valence-electron chi connectivity index (χ4n) is 1.44. The van der Waals surface area contributed by atoms with Crippen molar-refractivity contribution >= 4 is 21.7 Å². The maximum absolute atomic E-state index is 11.5. The molecule has 0 spiro atoms. The molecule has 1 aliphatic carbocycles. The zero-order chi connectivity index (χ0) is 13.9. The summed E-state index contributed by atoms with van der Waals surface area (Å²) in [5.41, 5.74) is 0.490. The number of carbonyl (C=O) groups is 1. The molecule has 0 radical (unpaired) electrons. The van der Waals surface area contributed by atoms with Crippen molar-refractivity contribution in [3.8, 4) is 0 Å². The highest BCUT2D eigenvalue weighted by atomic mass is 32.2. The first-order chi connectivity index (χ1) is 8.95. The molecular weight excluding hydrogens is 266 g/mol. The monoisotopic (exact) mass is 281 g/mol. The predicted molar refractivity (Wildman–Crippen MR) is 71.8 cm³/mol. The summed E-state index contributed by atoms with van der Waals surface area (Å²) in [5.74, 6) is 0.592. The average Bonchev–Trinajstić information content (AvgIpc) is 3.12. The van der Waals surface area contributed by atoms with E-state index in [9.17, 15) is 13.2 Å². The van der Waals surface area contributed by atoms with E-state index in [1.54, 1.807) is 6.20 Å². The number of benzene rings is 1. The number of anilines is 1. The Kier molecular flexibility index (Phi) is 3.87. The van der Waals surface area contributed by atoms with Gasteiger partial charge in [-0.15, -0.1) is 0 Å². The second-order valence-electron chi connectivity index (χ2n) is 4.36. The molecule has 2 rings (SSSR count). The summed E-state index contributed by atoms with van der Waals surface area (Å²) in [6.45, 7) is 0. The molecular formula is C12H15N3O3S. The van der Waals surface area contributed by atoms with Crippen LogP contribution in [0.25, 0.3) is 0 Å². The summed E-state index contributed by atoms with van der Waals surface area (Å²) in [5, 5.41) is 10.1. The summed E-state index contributed by atoms with van der Waals surface area (Å²) in [4.78, 5) is 11.5. The van der Waals surface area contributed by atoms with Gasteiger partial charge in [-0.3, -0.25) is 0 Å². The van der Waals surface area contributed by atoms with Gasteiger partial charge in [-0.2, -0.15) is 0 Å². The van der Waals surface area contributed by atoms with Gasteiger partial charge in [0.15, 0.2) is 0 Å². The van der Waals surface area contributed by atoms with Gasteiger partial charge < -0.3 is 10.6 Å². The smallest absolute Gasteiger partial charge is 0.315 e. The molecule has 0 heterocycles. The highest BCUT2D eigenvalue weighted by Crippen LogP contribution is 2.29. The summed E-state index contributed by atoms with van der Waals surface area (Å²) in [7, 11) is -3.70. The SMILES string of the molecule is NS(=O)(=O)c1ccc(NC(=O)N/C=C/C2CC2)cc1. The molecule has 1 saturated carbocycles. The molecule has 7 heteroatoms. The lowest BCUT2D eigenvalue weighted by Crippen LogP contribution is -2.23. The quantitative estimate of drug-likeness (QED) is 0.777. The Morgan fingerprint density at radius 3 is 2.42 bits per heavy atom. The first-order valence-electron chi connectivity index (χ1n) is 5.82. The summed E-state index contributed by atoms with van der Waals surface area (Å²) >= 11 is 0. The standard InChI is InChI=1S/C12H15N3O3S/c13-19(17,18)11-5-3-10(4-6-11)15-12(16)14-8-7-9-1-2-9/h3-9H,1-2H2,(H2,13,17,18)(H2,14,15,16)/b8-7+. The third-order valence-corrected chi connectivity index (χ3v) is 3.57. The van der Waals surface area contributed by atoms with E-state index in [-0.39, 0.29) is 10.9 Å². The van der Waals surface area contributed by atoms with Gasteiger partial charge in [-0.05, 0) is 43.0 Å². The number of amides is 2. The van der Waals surface area contributed by atoms with Gasteiger partial charge in [-0.1, -0.05) is 6.08 Å². The van der Waals surface area contributed by atoms with E-state index in [2.05, 4.69) is 10.6 Å². The molecule has 0 unspecified atom stereocenters. The van der Waals surface area contributed by atoms with Gasteiger partial charge in [0, 0.05) is 11.9 Å². The Bertz CT molecular complexity index is 589. The molecule has 0 aliphatic heterocycles. The van der Waals surface area contributed by atoms with Crippen LogP contribution < -0.4 is 15.8 Å². The lowest BCUT2D eigenvalue weighted by atomic mass is 10.3.